The van der Waals surface area contributed by atoms with Crippen LogP contribution in [0.4, 0.5) is 0 Å². The van der Waals surface area contributed by atoms with Crippen LogP contribution < -0.4 is 0 Å². The zero-order valence-electron chi connectivity index (χ0n) is 10.3. The lowest BCUT2D eigenvalue weighted by Crippen LogP contribution is -2.04. The van der Waals surface area contributed by atoms with Gasteiger partial charge in [0.25, 0.3) is 0 Å². The van der Waals surface area contributed by atoms with E-state index in [0.29, 0.717) is 18.2 Å². The van der Waals surface area contributed by atoms with Gasteiger partial charge in [0, 0.05) is 18.0 Å². The Hall–Kier alpha value is -2.30. The molecule has 0 radical (unpaired) electrons. The summed E-state index contributed by atoms with van der Waals surface area (Å²) in [4.78, 5) is 18.7. The molecule has 5 heteroatoms. The van der Waals surface area contributed by atoms with E-state index in [4.69, 9.17) is 9.15 Å². The van der Waals surface area contributed by atoms with Crippen LogP contribution in [-0.2, 0) is 4.74 Å². The van der Waals surface area contributed by atoms with Crippen molar-refractivity contribution in [1.82, 2.24) is 9.97 Å². The molecule has 2 heterocycles. The number of H-pyrrole nitrogens is 1. The summed E-state index contributed by atoms with van der Waals surface area (Å²) in [7, 11) is 0. The number of aromatic nitrogens is 2. The van der Waals surface area contributed by atoms with Gasteiger partial charge in [-0.15, -0.1) is 0 Å². The lowest BCUT2D eigenvalue weighted by molar-refractivity contribution is 0.0488. The van der Waals surface area contributed by atoms with Crippen molar-refractivity contribution in [2.24, 2.45) is 0 Å². The fourth-order valence-electron chi connectivity index (χ4n) is 1.48. The van der Waals surface area contributed by atoms with Crippen LogP contribution in [0, 0.1) is 6.92 Å². The number of carbonyl (C=O) groups excluding carboxylic acids is 1. The Kier molecular flexibility index (Phi) is 3.62. The Balaban J connectivity index is 2.16. The van der Waals surface area contributed by atoms with E-state index in [9.17, 15) is 4.79 Å². The molecule has 0 bridgehead atoms. The average Bonchev–Trinajstić information content (AvgIpc) is 2.96. The highest BCUT2D eigenvalue weighted by molar-refractivity contribution is 5.87. The Morgan fingerprint density at radius 2 is 2.39 bits per heavy atom. The summed E-state index contributed by atoms with van der Waals surface area (Å²) in [5.41, 5.74) is 1.46. The van der Waals surface area contributed by atoms with Crippen LogP contribution >= 0.6 is 0 Å². The molecule has 5 nitrogen and oxygen atoms in total. The number of carbonyl (C=O) groups is 1. The van der Waals surface area contributed by atoms with Crippen molar-refractivity contribution in [2.75, 3.05) is 6.61 Å². The molecule has 0 unspecified atom stereocenters. The Labute approximate surface area is 104 Å². The molecular formula is C13H14N2O3. The van der Waals surface area contributed by atoms with Gasteiger partial charge < -0.3 is 14.1 Å². The first-order valence-corrected chi connectivity index (χ1v) is 5.66. The van der Waals surface area contributed by atoms with Crippen LogP contribution in [0.15, 0.2) is 22.7 Å². The first-order valence-electron chi connectivity index (χ1n) is 5.66. The summed E-state index contributed by atoms with van der Waals surface area (Å²) in [5, 5.41) is 0. The third-order valence-electron chi connectivity index (χ3n) is 2.30. The summed E-state index contributed by atoms with van der Waals surface area (Å²) in [5.74, 6) is 0.0511. The Morgan fingerprint density at radius 3 is 3.06 bits per heavy atom. The normalized spacial score (nSPS) is 11.0. The minimum atomic E-state index is -0.484. The van der Waals surface area contributed by atoms with Gasteiger partial charge in [0.05, 0.1) is 12.3 Å². The minimum absolute atomic E-state index is 0.156. The van der Waals surface area contributed by atoms with Crippen LogP contribution in [0.1, 0.15) is 34.8 Å². The van der Waals surface area contributed by atoms with Gasteiger partial charge in [0.1, 0.15) is 0 Å². The number of hydrogen-bond acceptors (Lipinski definition) is 4. The molecule has 18 heavy (non-hydrogen) atoms. The van der Waals surface area contributed by atoms with Crippen molar-refractivity contribution in [3.63, 3.8) is 0 Å². The van der Waals surface area contributed by atoms with E-state index in [1.165, 1.54) is 0 Å². The Bertz CT molecular complexity index is 553. The third-order valence-corrected chi connectivity index (χ3v) is 2.30. The van der Waals surface area contributed by atoms with Crippen molar-refractivity contribution in [3.05, 3.63) is 41.4 Å². The number of hydrogen-bond donors (Lipinski definition) is 1. The molecule has 2 rings (SSSR count). The Morgan fingerprint density at radius 1 is 1.56 bits per heavy atom. The maximum Gasteiger partial charge on any atom is 0.376 e. The third kappa shape index (κ3) is 2.68. The molecular weight excluding hydrogens is 232 g/mol. The summed E-state index contributed by atoms with van der Waals surface area (Å²) >= 11 is 0. The van der Waals surface area contributed by atoms with Crippen molar-refractivity contribution in [3.8, 4) is 0 Å². The van der Waals surface area contributed by atoms with E-state index >= 15 is 0 Å². The highest BCUT2D eigenvalue weighted by Crippen LogP contribution is 2.14. The standard InChI is InChI=1S/C13H14N2O3/c1-3-17-13(16)12-9(2)15-11(18-12)7-6-10-5-4-8-14-10/h4-8,14H,3H2,1-2H3/b7-6+. The summed E-state index contributed by atoms with van der Waals surface area (Å²) < 4.78 is 10.2. The number of esters is 1. The molecule has 0 atom stereocenters. The molecule has 0 aliphatic rings. The molecule has 94 valence electrons. The fraction of sp³-hybridized carbons (Fsp3) is 0.231. The van der Waals surface area contributed by atoms with Gasteiger partial charge in [-0.25, -0.2) is 9.78 Å². The van der Waals surface area contributed by atoms with E-state index in [2.05, 4.69) is 9.97 Å². The lowest BCUT2D eigenvalue weighted by atomic mass is 10.4. The van der Waals surface area contributed by atoms with Gasteiger partial charge >= 0.3 is 5.97 Å². The fourth-order valence-corrected chi connectivity index (χ4v) is 1.48. The van der Waals surface area contributed by atoms with Crippen molar-refractivity contribution in [1.29, 1.82) is 0 Å². The first-order chi connectivity index (χ1) is 8.70. The topological polar surface area (TPSA) is 68.1 Å². The smallest absolute Gasteiger partial charge is 0.376 e. The van der Waals surface area contributed by atoms with Gasteiger partial charge in [-0.1, -0.05) is 0 Å². The maximum atomic E-state index is 11.5. The van der Waals surface area contributed by atoms with Crippen LogP contribution in [0.3, 0.4) is 0 Å². The van der Waals surface area contributed by atoms with E-state index in [1.54, 1.807) is 19.9 Å². The molecule has 2 aromatic heterocycles. The lowest BCUT2D eigenvalue weighted by Gasteiger charge is -1.96. The molecule has 0 aliphatic heterocycles. The van der Waals surface area contributed by atoms with Crippen LogP contribution in [0.5, 0.6) is 0 Å². The summed E-state index contributed by atoms with van der Waals surface area (Å²) in [6.45, 7) is 3.77. The quantitative estimate of drug-likeness (QED) is 0.842. The summed E-state index contributed by atoms with van der Waals surface area (Å²) in [6.07, 6.45) is 5.34. The second-order valence-corrected chi connectivity index (χ2v) is 3.65. The van der Waals surface area contributed by atoms with E-state index in [0.717, 1.165) is 5.69 Å². The first kappa shape index (κ1) is 12.2. The number of aryl methyl sites for hydroxylation is 1. The van der Waals surface area contributed by atoms with Crippen molar-refractivity contribution >= 4 is 18.1 Å². The van der Waals surface area contributed by atoms with Crippen LogP contribution in [0.2, 0.25) is 0 Å². The molecule has 0 saturated heterocycles. The van der Waals surface area contributed by atoms with Crippen LogP contribution in [-0.4, -0.2) is 22.5 Å². The van der Waals surface area contributed by atoms with E-state index < -0.39 is 5.97 Å². The average molecular weight is 246 g/mol. The molecule has 0 aromatic carbocycles. The minimum Gasteiger partial charge on any atom is -0.460 e. The van der Waals surface area contributed by atoms with Gasteiger partial charge in [-0.05, 0) is 32.1 Å². The maximum absolute atomic E-state index is 11.5. The second kappa shape index (κ2) is 5.35. The number of aromatic amines is 1. The molecule has 0 saturated carbocycles. The predicted octanol–water partition coefficient (Wildman–Crippen LogP) is 2.66. The van der Waals surface area contributed by atoms with Gasteiger partial charge in [-0.2, -0.15) is 0 Å². The highest BCUT2D eigenvalue weighted by atomic mass is 16.5. The number of ether oxygens (including phenoxy) is 1. The molecule has 0 amide bonds. The number of oxazole rings is 1. The van der Waals surface area contributed by atoms with Gasteiger partial charge in [0.2, 0.25) is 11.7 Å². The largest absolute Gasteiger partial charge is 0.460 e. The van der Waals surface area contributed by atoms with E-state index in [1.807, 2.05) is 24.4 Å². The summed E-state index contributed by atoms with van der Waals surface area (Å²) in [6, 6.07) is 3.81. The second-order valence-electron chi connectivity index (χ2n) is 3.65. The van der Waals surface area contributed by atoms with Gasteiger partial charge in [-0.3, -0.25) is 0 Å². The van der Waals surface area contributed by atoms with Crippen LogP contribution in [0.25, 0.3) is 12.2 Å². The van der Waals surface area contributed by atoms with Crippen molar-refractivity contribution in [2.45, 2.75) is 13.8 Å². The van der Waals surface area contributed by atoms with Crippen molar-refractivity contribution < 1.29 is 13.9 Å². The number of nitrogens with zero attached hydrogens (tertiary/aromatic N) is 1. The SMILES string of the molecule is CCOC(=O)c1oc(/C=C/c2ccc[nH]2)nc1C. The molecule has 1 N–H and O–H groups in total. The molecule has 0 fully saturated rings. The molecule has 0 aliphatic carbocycles. The highest BCUT2D eigenvalue weighted by Gasteiger charge is 2.17. The predicted molar refractivity (Wildman–Crippen MR) is 66.9 cm³/mol. The van der Waals surface area contributed by atoms with Gasteiger partial charge in [0.15, 0.2) is 0 Å². The molecule has 2 aromatic rings. The number of rotatable bonds is 4. The number of nitrogens with one attached hydrogen (secondary N) is 1. The molecule has 0 spiro atoms. The van der Waals surface area contributed by atoms with E-state index in [-0.39, 0.29) is 5.76 Å². The zero-order chi connectivity index (χ0) is 13.0. The monoisotopic (exact) mass is 246 g/mol. The zero-order valence-corrected chi connectivity index (χ0v) is 10.3.